The van der Waals surface area contributed by atoms with Crippen LogP contribution in [0.2, 0.25) is 0 Å². The Morgan fingerprint density at radius 1 is 1.07 bits per heavy atom. The number of hydrogen-bond acceptors (Lipinski definition) is 3. The van der Waals surface area contributed by atoms with Crippen LogP contribution in [0.3, 0.4) is 0 Å². The monoisotopic (exact) mass is 393 g/mol. The fraction of sp³-hybridized carbons (Fsp3) is 0.261. The Bertz CT molecular complexity index is 1020. The van der Waals surface area contributed by atoms with Crippen LogP contribution in [0.25, 0.3) is 11.4 Å². The van der Waals surface area contributed by atoms with E-state index in [0.29, 0.717) is 30.0 Å². The van der Waals surface area contributed by atoms with E-state index >= 15 is 0 Å². The van der Waals surface area contributed by atoms with Gasteiger partial charge in [0, 0.05) is 36.5 Å². The molecule has 1 atom stereocenters. The zero-order chi connectivity index (χ0) is 20.2. The van der Waals surface area contributed by atoms with Crippen LogP contribution in [-0.2, 0) is 11.2 Å². The van der Waals surface area contributed by atoms with Crippen LogP contribution in [0.15, 0.2) is 60.8 Å². The molecule has 29 heavy (non-hydrogen) atoms. The van der Waals surface area contributed by atoms with Gasteiger partial charge in [-0.2, -0.15) is 0 Å². The summed E-state index contributed by atoms with van der Waals surface area (Å²) in [6.45, 7) is 1.25. The highest BCUT2D eigenvalue weighted by Crippen LogP contribution is 2.27. The van der Waals surface area contributed by atoms with Crippen molar-refractivity contribution in [3.8, 4) is 11.4 Å². The average molecular weight is 393 g/mol. The van der Waals surface area contributed by atoms with Crippen LogP contribution in [0.1, 0.15) is 30.0 Å². The number of halogens is 2. The number of amides is 1. The van der Waals surface area contributed by atoms with E-state index in [-0.39, 0.29) is 29.9 Å². The van der Waals surface area contributed by atoms with Gasteiger partial charge in [-0.1, -0.05) is 24.3 Å². The number of benzene rings is 2. The molecule has 0 radical (unpaired) electrons. The molecule has 1 aromatic heterocycles. The Labute approximate surface area is 168 Å². The van der Waals surface area contributed by atoms with Gasteiger partial charge in [0.05, 0.1) is 6.42 Å². The zero-order valence-corrected chi connectivity index (χ0v) is 15.9. The summed E-state index contributed by atoms with van der Waals surface area (Å²) in [5, 5.41) is 0. The van der Waals surface area contributed by atoms with Gasteiger partial charge in [0.25, 0.3) is 0 Å². The van der Waals surface area contributed by atoms with Gasteiger partial charge < -0.3 is 4.90 Å². The van der Waals surface area contributed by atoms with Gasteiger partial charge in [0.15, 0.2) is 5.82 Å². The highest BCUT2D eigenvalue weighted by atomic mass is 19.1. The van der Waals surface area contributed by atoms with Gasteiger partial charge in [-0.25, -0.2) is 18.7 Å². The van der Waals surface area contributed by atoms with Crippen LogP contribution >= 0.6 is 0 Å². The van der Waals surface area contributed by atoms with Crippen molar-refractivity contribution in [2.24, 2.45) is 0 Å². The minimum atomic E-state index is -0.335. The second kappa shape index (κ2) is 8.47. The number of hydrogen-bond donors (Lipinski definition) is 0. The van der Waals surface area contributed by atoms with Crippen molar-refractivity contribution in [3.05, 3.63) is 83.7 Å². The maximum Gasteiger partial charge on any atom is 0.227 e. The summed E-state index contributed by atoms with van der Waals surface area (Å²) in [6.07, 6.45) is 3.65. The molecule has 2 heterocycles. The first-order valence-corrected chi connectivity index (χ1v) is 9.69. The van der Waals surface area contributed by atoms with Crippen LogP contribution in [-0.4, -0.2) is 33.9 Å². The second-order valence-electron chi connectivity index (χ2n) is 7.30. The molecule has 6 heteroatoms. The number of nitrogens with zero attached hydrogens (tertiary/aromatic N) is 3. The molecular formula is C23H21F2N3O. The molecule has 148 valence electrons. The Hall–Kier alpha value is -3.15. The lowest BCUT2D eigenvalue weighted by Crippen LogP contribution is -2.40. The van der Waals surface area contributed by atoms with Crippen molar-refractivity contribution >= 4 is 5.91 Å². The third kappa shape index (κ3) is 4.65. The number of rotatable bonds is 4. The summed E-state index contributed by atoms with van der Waals surface area (Å²) in [4.78, 5) is 23.4. The average Bonchev–Trinajstić information content (AvgIpc) is 2.74. The maximum absolute atomic E-state index is 13.5. The maximum atomic E-state index is 13.5. The molecule has 0 unspecified atom stereocenters. The van der Waals surface area contributed by atoms with Crippen molar-refractivity contribution in [3.63, 3.8) is 0 Å². The minimum absolute atomic E-state index is 0.0142. The molecule has 1 saturated heterocycles. The standard InChI is InChI=1S/C23H21F2N3O/c24-19-7-1-4-16(12-19)13-22(29)28-11-3-6-18(15-28)21-9-10-26-23(27-21)17-5-2-8-20(25)14-17/h1-2,4-5,7-10,12,14,18H,3,6,11,13,15H2/t18-/m0/s1. The molecule has 4 nitrogen and oxygen atoms in total. The van der Waals surface area contributed by atoms with E-state index in [4.69, 9.17) is 0 Å². The zero-order valence-electron chi connectivity index (χ0n) is 15.9. The molecule has 1 amide bonds. The first-order chi connectivity index (χ1) is 14.1. The third-order valence-corrected chi connectivity index (χ3v) is 5.20. The number of likely N-dealkylation sites (tertiary alicyclic amines) is 1. The van der Waals surface area contributed by atoms with Gasteiger partial charge >= 0.3 is 0 Å². The lowest BCUT2D eigenvalue weighted by atomic mass is 9.94. The highest BCUT2D eigenvalue weighted by molar-refractivity contribution is 5.79. The van der Waals surface area contributed by atoms with Crippen molar-refractivity contribution in [2.75, 3.05) is 13.1 Å². The van der Waals surface area contributed by atoms with E-state index in [2.05, 4.69) is 9.97 Å². The Kier molecular flexibility index (Phi) is 5.60. The number of carbonyl (C=O) groups excluding carboxylic acids is 1. The number of aromatic nitrogens is 2. The molecule has 1 aliphatic rings. The molecule has 0 aliphatic carbocycles. The van der Waals surface area contributed by atoms with Crippen LogP contribution in [0.4, 0.5) is 8.78 Å². The Balaban J connectivity index is 1.48. The van der Waals surface area contributed by atoms with Crippen LogP contribution < -0.4 is 0 Å². The Morgan fingerprint density at radius 3 is 2.66 bits per heavy atom. The molecule has 0 saturated carbocycles. The van der Waals surface area contributed by atoms with Crippen LogP contribution in [0.5, 0.6) is 0 Å². The normalized spacial score (nSPS) is 16.6. The minimum Gasteiger partial charge on any atom is -0.342 e. The molecule has 2 aromatic carbocycles. The van der Waals surface area contributed by atoms with Gasteiger partial charge in [-0.3, -0.25) is 4.79 Å². The molecule has 0 N–H and O–H groups in total. The van der Waals surface area contributed by atoms with Crippen molar-refractivity contribution in [2.45, 2.75) is 25.2 Å². The molecule has 4 rings (SSSR count). The summed E-state index contributed by atoms with van der Waals surface area (Å²) in [5.74, 6) is -0.110. The fourth-order valence-electron chi connectivity index (χ4n) is 3.75. The molecule has 3 aromatic rings. The predicted octanol–water partition coefficient (Wildman–Crippen LogP) is 4.37. The van der Waals surface area contributed by atoms with E-state index in [1.165, 1.54) is 24.3 Å². The van der Waals surface area contributed by atoms with Gasteiger partial charge in [-0.15, -0.1) is 0 Å². The second-order valence-corrected chi connectivity index (χ2v) is 7.30. The molecule has 1 aliphatic heterocycles. The SMILES string of the molecule is O=C(Cc1cccc(F)c1)N1CCC[C@H](c2ccnc(-c3cccc(F)c3)n2)C1. The molecule has 0 bridgehead atoms. The third-order valence-electron chi connectivity index (χ3n) is 5.20. The summed E-state index contributed by atoms with van der Waals surface area (Å²) < 4.78 is 26.9. The lowest BCUT2D eigenvalue weighted by Gasteiger charge is -2.32. The van der Waals surface area contributed by atoms with Gasteiger partial charge in [0.2, 0.25) is 5.91 Å². The summed E-state index contributed by atoms with van der Waals surface area (Å²) >= 11 is 0. The molecular weight excluding hydrogens is 372 g/mol. The van der Waals surface area contributed by atoms with Crippen molar-refractivity contribution < 1.29 is 13.6 Å². The van der Waals surface area contributed by atoms with E-state index in [9.17, 15) is 13.6 Å². The van der Waals surface area contributed by atoms with Gasteiger partial charge in [-0.05, 0) is 48.7 Å². The van der Waals surface area contributed by atoms with Crippen molar-refractivity contribution in [1.29, 1.82) is 0 Å². The number of carbonyl (C=O) groups is 1. The first kappa shape index (κ1) is 19.2. The van der Waals surface area contributed by atoms with E-state index in [0.717, 1.165) is 18.5 Å². The highest BCUT2D eigenvalue weighted by Gasteiger charge is 2.26. The number of piperidine rings is 1. The lowest BCUT2D eigenvalue weighted by molar-refractivity contribution is -0.131. The summed E-state index contributed by atoms with van der Waals surface area (Å²) in [5.41, 5.74) is 2.15. The van der Waals surface area contributed by atoms with E-state index in [1.54, 1.807) is 30.5 Å². The van der Waals surface area contributed by atoms with Crippen LogP contribution in [0, 0.1) is 11.6 Å². The van der Waals surface area contributed by atoms with E-state index in [1.807, 2.05) is 11.0 Å². The predicted molar refractivity (Wildman–Crippen MR) is 106 cm³/mol. The largest absolute Gasteiger partial charge is 0.342 e. The smallest absolute Gasteiger partial charge is 0.227 e. The van der Waals surface area contributed by atoms with Crippen molar-refractivity contribution in [1.82, 2.24) is 14.9 Å². The van der Waals surface area contributed by atoms with E-state index < -0.39 is 0 Å². The van der Waals surface area contributed by atoms with Gasteiger partial charge in [0.1, 0.15) is 11.6 Å². The Morgan fingerprint density at radius 2 is 1.86 bits per heavy atom. The first-order valence-electron chi connectivity index (χ1n) is 9.69. The molecule has 1 fully saturated rings. The topological polar surface area (TPSA) is 46.1 Å². The summed E-state index contributed by atoms with van der Waals surface area (Å²) in [7, 11) is 0. The quantitative estimate of drug-likeness (QED) is 0.661. The molecule has 0 spiro atoms. The summed E-state index contributed by atoms with van der Waals surface area (Å²) in [6, 6.07) is 14.2. The fourth-order valence-corrected chi connectivity index (χ4v) is 3.75.